The summed E-state index contributed by atoms with van der Waals surface area (Å²) in [6, 6.07) is 45.3. The maximum atomic E-state index is 14.0. The van der Waals surface area contributed by atoms with E-state index in [-0.39, 0.29) is 51.3 Å². The Morgan fingerprint density at radius 3 is 1.55 bits per heavy atom. The molecule has 1 aromatic heterocycles. The smallest absolute Gasteiger partial charge is 0.382 e. The van der Waals surface area contributed by atoms with Crippen LogP contribution in [0, 0.1) is 0 Å². The Bertz CT molecular complexity index is 2780. The van der Waals surface area contributed by atoms with E-state index in [4.69, 9.17) is 37.6 Å². The summed E-state index contributed by atoms with van der Waals surface area (Å²) in [5, 5.41) is 10.9. The Labute approximate surface area is 365 Å². The zero-order valence-electron chi connectivity index (χ0n) is 33.7. The Hall–Kier alpha value is -8.23. The number of esters is 4. The van der Waals surface area contributed by atoms with Crippen LogP contribution in [-0.4, -0.2) is 66.3 Å². The molecule has 6 aromatic carbocycles. The molecule has 0 saturated carbocycles. The second-order valence-corrected chi connectivity index (χ2v) is 14.3. The lowest BCUT2D eigenvalue weighted by Gasteiger charge is -2.44. The molecule has 7 aromatic rings. The fraction of sp³-hybridized carbons (Fsp3) is 0.140. The highest BCUT2D eigenvalue weighted by molar-refractivity contribution is 5.92. The molecule has 1 saturated heterocycles. The molecular formula is C50H38O14. The first-order valence-corrected chi connectivity index (χ1v) is 20.0. The van der Waals surface area contributed by atoms with Crippen molar-refractivity contribution in [2.45, 2.75) is 37.3 Å². The highest BCUT2D eigenvalue weighted by Crippen LogP contribution is 2.37. The molecule has 8 rings (SSSR count). The van der Waals surface area contributed by atoms with Crippen LogP contribution < -0.4 is 15.1 Å². The number of aromatic hydroxyl groups is 1. The van der Waals surface area contributed by atoms with Gasteiger partial charge in [-0.1, -0.05) is 103 Å². The van der Waals surface area contributed by atoms with E-state index in [0.29, 0.717) is 0 Å². The van der Waals surface area contributed by atoms with E-state index in [2.05, 4.69) is 0 Å². The third-order valence-electron chi connectivity index (χ3n) is 10.0. The first-order valence-electron chi connectivity index (χ1n) is 20.0. The SMILES string of the molecule is O=C(OC[C@H]1O[C@H](Oc2ccc3c(OCc4ccccc4)c(O)c(=O)oc3c2)[C@@H](OC(=O)c2ccccc2)[C@@H](OC(=O)c2ccccc2)[C@@H]1OC(=O)c1ccccc1)c1ccccc1. The summed E-state index contributed by atoms with van der Waals surface area (Å²) in [4.78, 5) is 67.9. The normalized spacial score (nSPS) is 18.0. The maximum Gasteiger partial charge on any atom is 0.382 e. The highest BCUT2D eigenvalue weighted by atomic mass is 16.7. The Kier molecular flexibility index (Phi) is 13.0. The topological polar surface area (TPSA) is 183 Å². The van der Waals surface area contributed by atoms with E-state index in [1.165, 1.54) is 54.6 Å². The lowest BCUT2D eigenvalue weighted by atomic mass is 9.97. The van der Waals surface area contributed by atoms with Gasteiger partial charge in [-0.2, -0.15) is 0 Å². The number of carbonyl (C=O) groups is 4. The number of hydrogen-bond donors (Lipinski definition) is 1. The van der Waals surface area contributed by atoms with Crippen LogP contribution in [0.3, 0.4) is 0 Å². The number of rotatable bonds is 14. The quantitative estimate of drug-likeness (QED) is 0.0637. The fourth-order valence-corrected chi connectivity index (χ4v) is 6.85. The standard InChI is InChI=1S/C50H38O14/c51-40-41(57-29-31-16-6-1-7-17-31)37-27-26-36(28-38(37)60-49(40)56)59-50-44(64-48(55)35-24-14-5-15-25-35)43(63-47(54)34-22-12-4-13-23-34)42(62-46(53)33-20-10-3-11-21-33)39(61-50)30-58-45(52)32-18-8-2-9-19-32/h1-28,39,42-44,50-51H,29-30H2/t39-,42-,43+,44+,50+/m1/s1. The minimum atomic E-state index is -1.69. The van der Waals surface area contributed by atoms with E-state index >= 15 is 0 Å². The van der Waals surface area contributed by atoms with Gasteiger partial charge < -0.3 is 42.7 Å². The average molecular weight is 863 g/mol. The van der Waals surface area contributed by atoms with E-state index in [9.17, 15) is 29.1 Å². The number of carbonyl (C=O) groups excluding carboxylic acids is 4. The minimum Gasteiger partial charge on any atom is -0.499 e. The van der Waals surface area contributed by atoms with Crippen molar-refractivity contribution in [2.24, 2.45) is 0 Å². The minimum absolute atomic E-state index is 0.0188. The van der Waals surface area contributed by atoms with Gasteiger partial charge in [0.1, 0.15) is 30.7 Å². The number of fused-ring (bicyclic) bond motifs is 1. The fourth-order valence-electron chi connectivity index (χ4n) is 6.85. The molecule has 322 valence electrons. The maximum absolute atomic E-state index is 14.0. The summed E-state index contributed by atoms with van der Waals surface area (Å²) < 4.78 is 48.2. The van der Waals surface area contributed by atoms with Crippen LogP contribution in [-0.2, 0) is 30.3 Å². The molecule has 14 nitrogen and oxygen atoms in total. The molecule has 0 amide bonds. The van der Waals surface area contributed by atoms with Crippen LogP contribution in [0.5, 0.6) is 17.2 Å². The molecule has 0 radical (unpaired) electrons. The summed E-state index contributed by atoms with van der Waals surface area (Å²) in [6.07, 6.45) is -8.09. The van der Waals surface area contributed by atoms with Crippen molar-refractivity contribution in [1.82, 2.24) is 0 Å². The van der Waals surface area contributed by atoms with E-state index in [1.54, 1.807) is 84.9 Å². The lowest BCUT2D eigenvalue weighted by molar-refractivity contribution is -0.275. The van der Waals surface area contributed by atoms with Gasteiger partial charge in [-0.05, 0) is 66.2 Å². The monoisotopic (exact) mass is 862 g/mol. The van der Waals surface area contributed by atoms with Crippen LogP contribution in [0.2, 0.25) is 0 Å². The third kappa shape index (κ3) is 9.93. The van der Waals surface area contributed by atoms with Crippen molar-refractivity contribution < 1.29 is 61.9 Å². The lowest BCUT2D eigenvalue weighted by Crippen LogP contribution is -2.63. The van der Waals surface area contributed by atoms with Crippen LogP contribution in [0.15, 0.2) is 179 Å². The van der Waals surface area contributed by atoms with Crippen molar-refractivity contribution in [3.8, 4) is 17.2 Å². The van der Waals surface area contributed by atoms with E-state index in [0.717, 1.165) is 5.56 Å². The molecule has 1 fully saturated rings. The zero-order chi connectivity index (χ0) is 44.4. The number of ether oxygens (including phenoxy) is 7. The van der Waals surface area contributed by atoms with Crippen molar-refractivity contribution in [1.29, 1.82) is 0 Å². The number of benzene rings is 6. The summed E-state index contributed by atoms with van der Waals surface area (Å²) in [7, 11) is 0. The predicted octanol–water partition coefficient (Wildman–Crippen LogP) is 7.72. The van der Waals surface area contributed by atoms with Crippen molar-refractivity contribution >= 4 is 34.8 Å². The zero-order valence-corrected chi connectivity index (χ0v) is 33.7. The van der Waals surface area contributed by atoms with E-state index in [1.807, 2.05) is 30.3 Å². The van der Waals surface area contributed by atoms with Gasteiger partial charge in [0.15, 0.2) is 18.0 Å². The molecule has 0 unspecified atom stereocenters. The molecule has 0 aliphatic carbocycles. The van der Waals surface area contributed by atoms with Gasteiger partial charge >= 0.3 is 29.5 Å². The highest BCUT2D eigenvalue weighted by Gasteiger charge is 2.54. The van der Waals surface area contributed by atoms with Gasteiger partial charge in [-0.15, -0.1) is 0 Å². The summed E-state index contributed by atoms with van der Waals surface area (Å²) in [6.45, 7) is -0.558. The molecule has 1 aliphatic heterocycles. The molecule has 5 atom stereocenters. The molecule has 64 heavy (non-hydrogen) atoms. The Morgan fingerprint density at radius 2 is 1.02 bits per heavy atom. The van der Waals surface area contributed by atoms with Crippen LogP contribution in [0.4, 0.5) is 0 Å². The van der Waals surface area contributed by atoms with Gasteiger partial charge in [-0.25, -0.2) is 24.0 Å². The van der Waals surface area contributed by atoms with Crippen LogP contribution in [0.1, 0.15) is 47.0 Å². The molecular weight excluding hydrogens is 825 g/mol. The Morgan fingerprint density at radius 1 is 0.547 bits per heavy atom. The number of hydrogen-bond acceptors (Lipinski definition) is 14. The molecule has 0 bridgehead atoms. The second-order valence-electron chi connectivity index (χ2n) is 14.3. The summed E-state index contributed by atoms with van der Waals surface area (Å²) in [5.74, 6) is -4.28. The Balaban J connectivity index is 1.20. The van der Waals surface area contributed by atoms with Gasteiger partial charge in [0.2, 0.25) is 18.1 Å². The third-order valence-corrected chi connectivity index (χ3v) is 10.0. The largest absolute Gasteiger partial charge is 0.499 e. The summed E-state index contributed by atoms with van der Waals surface area (Å²) in [5.41, 5.74) is 0.177. The van der Waals surface area contributed by atoms with Gasteiger partial charge in [0.25, 0.3) is 0 Å². The van der Waals surface area contributed by atoms with Crippen LogP contribution >= 0.6 is 0 Å². The van der Waals surface area contributed by atoms with Gasteiger partial charge in [0.05, 0.1) is 27.6 Å². The van der Waals surface area contributed by atoms with Crippen molar-refractivity contribution in [3.63, 3.8) is 0 Å². The van der Waals surface area contributed by atoms with Gasteiger partial charge in [0, 0.05) is 6.07 Å². The first-order chi connectivity index (χ1) is 31.2. The summed E-state index contributed by atoms with van der Waals surface area (Å²) >= 11 is 0. The van der Waals surface area contributed by atoms with Gasteiger partial charge in [-0.3, -0.25) is 0 Å². The molecule has 2 heterocycles. The molecule has 0 spiro atoms. The average Bonchev–Trinajstić information content (AvgIpc) is 3.34. The van der Waals surface area contributed by atoms with E-state index < -0.39 is 72.6 Å². The molecule has 1 N–H and O–H groups in total. The van der Waals surface area contributed by atoms with Crippen molar-refractivity contribution in [2.75, 3.05) is 6.61 Å². The molecule has 14 heteroatoms. The molecule has 1 aliphatic rings. The van der Waals surface area contributed by atoms with Crippen molar-refractivity contribution in [3.05, 3.63) is 208 Å². The first kappa shape index (κ1) is 42.5. The second kappa shape index (κ2) is 19.6. The predicted molar refractivity (Wildman–Crippen MR) is 228 cm³/mol. The van der Waals surface area contributed by atoms with Crippen LogP contribution in [0.25, 0.3) is 11.0 Å².